The topological polar surface area (TPSA) is 79.7 Å². The molecule has 0 saturated carbocycles. The Balaban J connectivity index is 3.40. The van der Waals surface area contributed by atoms with Gasteiger partial charge < -0.3 is 14.9 Å². The summed E-state index contributed by atoms with van der Waals surface area (Å²) in [6, 6.07) is 0. The second-order valence-corrected chi connectivity index (χ2v) is 3.41. The highest BCUT2D eigenvalue weighted by atomic mass is 19.4. The molecule has 11 heteroatoms. The predicted octanol–water partition coefficient (Wildman–Crippen LogP) is 2.33. The van der Waals surface area contributed by atoms with Crippen LogP contribution in [-0.4, -0.2) is 27.5 Å². The summed E-state index contributed by atoms with van der Waals surface area (Å²) in [7, 11) is 0. The first-order valence-electron chi connectivity index (χ1n) is 4.67. The molecule has 2 N–H and O–H groups in total. The first kappa shape index (κ1) is 15.9. The van der Waals surface area contributed by atoms with Crippen LogP contribution in [0.2, 0.25) is 0 Å². The Hall–Kier alpha value is -2.20. The van der Waals surface area contributed by atoms with Crippen LogP contribution in [0.3, 0.4) is 0 Å². The molecule has 1 aromatic heterocycles. The molecular weight excluding hydrogens is 300 g/mol. The molecule has 112 valence electrons. The SMILES string of the molecule is O=C(O)Cc1ncc(OC(F)(F)F)c(C(F)(F)F)c1O. The molecule has 0 saturated heterocycles. The van der Waals surface area contributed by atoms with Crippen LogP contribution in [0.25, 0.3) is 0 Å². The van der Waals surface area contributed by atoms with Crippen LogP contribution in [0.1, 0.15) is 11.3 Å². The summed E-state index contributed by atoms with van der Waals surface area (Å²) in [6.07, 6.45) is -11.9. The van der Waals surface area contributed by atoms with Gasteiger partial charge in [0.2, 0.25) is 0 Å². The number of alkyl halides is 6. The molecule has 0 fully saturated rings. The number of hydrogen-bond acceptors (Lipinski definition) is 4. The monoisotopic (exact) mass is 305 g/mol. The minimum Gasteiger partial charge on any atom is -0.505 e. The van der Waals surface area contributed by atoms with Crippen LogP contribution in [0, 0.1) is 0 Å². The highest BCUT2D eigenvalue weighted by Crippen LogP contribution is 2.44. The van der Waals surface area contributed by atoms with Gasteiger partial charge in [0.15, 0.2) is 11.5 Å². The maximum Gasteiger partial charge on any atom is 0.573 e. The summed E-state index contributed by atoms with van der Waals surface area (Å²) in [5, 5.41) is 17.7. The van der Waals surface area contributed by atoms with Crippen molar-refractivity contribution in [3.05, 3.63) is 17.5 Å². The summed E-state index contributed by atoms with van der Waals surface area (Å²) < 4.78 is 76.8. The predicted molar refractivity (Wildman–Crippen MR) is 48.9 cm³/mol. The molecule has 5 nitrogen and oxygen atoms in total. The van der Waals surface area contributed by atoms with E-state index >= 15 is 0 Å². The Bertz CT molecular complexity index is 524. The van der Waals surface area contributed by atoms with Gasteiger partial charge in [-0.3, -0.25) is 9.78 Å². The van der Waals surface area contributed by atoms with Gasteiger partial charge in [0, 0.05) is 0 Å². The molecule has 0 aromatic carbocycles. The molecule has 0 atom stereocenters. The lowest BCUT2D eigenvalue weighted by molar-refractivity contribution is -0.276. The van der Waals surface area contributed by atoms with Crippen LogP contribution in [0.5, 0.6) is 11.5 Å². The van der Waals surface area contributed by atoms with E-state index in [-0.39, 0.29) is 6.20 Å². The first-order valence-corrected chi connectivity index (χ1v) is 4.67. The standard InChI is InChI=1S/C9H5F6NO4/c10-8(11,12)6-4(20-9(13,14)15)2-16-3(7(6)19)1-5(17)18/h2,19H,1H2,(H,17,18). The van der Waals surface area contributed by atoms with Gasteiger partial charge in [-0.1, -0.05) is 0 Å². The molecule has 0 bridgehead atoms. The zero-order chi connectivity index (χ0) is 15.7. The van der Waals surface area contributed by atoms with Crippen LogP contribution < -0.4 is 4.74 Å². The maximum absolute atomic E-state index is 12.6. The summed E-state index contributed by atoms with van der Waals surface area (Å²) in [5.41, 5.74) is -3.07. The zero-order valence-electron chi connectivity index (χ0n) is 9.21. The average molecular weight is 305 g/mol. The fourth-order valence-electron chi connectivity index (χ4n) is 1.27. The molecular formula is C9H5F6NO4. The number of nitrogens with zero attached hydrogens (tertiary/aromatic N) is 1. The van der Waals surface area contributed by atoms with Gasteiger partial charge in [0.05, 0.1) is 18.3 Å². The Kier molecular flexibility index (Phi) is 4.01. The third kappa shape index (κ3) is 3.90. The molecule has 0 spiro atoms. The number of carbonyl (C=O) groups is 1. The van der Waals surface area contributed by atoms with Crippen molar-refractivity contribution in [1.82, 2.24) is 4.98 Å². The molecule has 0 aliphatic heterocycles. The molecule has 1 rings (SSSR count). The number of rotatable bonds is 3. The number of hydrogen-bond donors (Lipinski definition) is 2. The molecule has 0 unspecified atom stereocenters. The van der Waals surface area contributed by atoms with Crippen molar-refractivity contribution in [2.24, 2.45) is 0 Å². The van der Waals surface area contributed by atoms with E-state index in [2.05, 4.69) is 9.72 Å². The zero-order valence-corrected chi connectivity index (χ0v) is 9.21. The summed E-state index contributed by atoms with van der Waals surface area (Å²) >= 11 is 0. The summed E-state index contributed by atoms with van der Waals surface area (Å²) in [5.74, 6) is -5.11. The molecule has 0 radical (unpaired) electrons. The Morgan fingerprint density at radius 2 is 1.80 bits per heavy atom. The van der Waals surface area contributed by atoms with Gasteiger partial charge in [-0.25, -0.2) is 0 Å². The van der Waals surface area contributed by atoms with Gasteiger partial charge in [0.1, 0.15) is 5.56 Å². The lowest BCUT2D eigenvalue weighted by Gasteiger charge is -2.17. The number of ether oxygens (including phenoxy) is 1. The minimum atomic E-state index is -5.43. The van der Waals surface area contributed by atoms with E-state index in [1.165, 1.54) is 0 Å². The van der Waals surface area contributed by atoms with Crippen molar-refractivity contribution < 1.29 is 46.1 Å². The number of aromatic hydroxyl groups is 1. The molecule has 0 aliphatic carbocycles. The summed E-state index contributed by atoms with van der Waals surface area (Å²) in [6.45, 7) is 0. The number of carboxylic acids is 1. The van der Waals surface area contributed by atoms with E-state index in [9.17, 15) is 36.2 Å². The van der Waals surface area contributed by atoms with Gasteiger partial charge in [-0.05, 0) is 0 Å². The second-order valence-electron chi connectivity index (χ2n) is 3.41. The van der Waals surface area contributed by atoms with Gasteiger partial charge in [-0.2, -0.15) is 13.2 Å². The van der Waals surface area contributed by atoms with Gasteiger partial charge in [-0.15, -0.1) is 13.2 Å². The van der Waals surface area contributed by atoms with Crippen molar-refractivity contribution in [1.29, 1.82) is 0 Å². The van der Waals surface area contributed by atoms with Crippen LogP contribution >= 0.6 is 0 Å². The van der Waals surface area contributed by atoms with E-state index < -0.39 is 47.7 Å². The highest BCUT2D eigenvalue weighted by Gasteiger charge is 2.43. The van der Waals surface area contributed by atoms with Crippen molar-refractivity contribution in [3.63, 3.8) is 0 Å². The number of carboxylic acid groups (broad SMARTS) is 1. The molecule has 20 heavy (non-hydrogen) atoms. The fourth-order valence-corrected chi connectivity index (χ4v) is 1.27. The van der Waals surface area contributed by atoms with E-state index in [0.717, 1.165) is 0 Å². The number of aliphatic carboxylic acids is 1. The average Bonchev–Trinajstić information content (AvgIpc) is 2.17. The van der Waals surface area contributed by atoms with Crippen LogP contribution in [-0.2, 0) is 17.4 Å². The smallest absolute Gasteiger partial charge is 0.505 e. The maximum atomic E-state index is 12.6. The van der Waals surface area contributed by atoms with Gasteiger partial charge in [0.25, 0.3) is 0 Å². The molecule has 1 aromatic rings. The van der Waals surface area contributed by atoms with Crippen LogP contribution in [0.4, 0.5) is 26.3 Å². The largest absolute Gasteiger partial charge is 0.573 e. The van der Waals surface area contributed by atoms with E-state index in [4.69, 9.17) is 5.11 Å². The minimum absolute atomic E-state index is 0.0499. The normalized spacial score (nSPS) is 12.3. The van der Waals surface area contributed by atoms with Crippen molar-refractivity contribution in [3.8, 4) is 11.5 Å². The lowest BCUT2D eigenvalue weighted by atomic mass is 10.1. The van der Waals surface area contributed by atoms with Crippen molar-refractivity contribution in [2.75, 3.05) is 0 Å². The fraction of sp³-hybridized carbons (Fsp3) is 0.333. The van der Waals surface area contributed by atoms with E-state index in [0.29, 0.717) is 0 Å². The number of halogens is 6. The van der Waals surface area contributed by atoms with Gasteiger partial charge >= 0.3 is 18.5 Å². The molecule has 0 aliphatic rings. The Labute approximate surface area is 106 Å². The van der Waals surface area contributed by atoms with E-state index in [1.54, 1.807) is 0 Å². The van der Waals surface area contributed by atoms with Crippen LogP contribution in [0.15, 0.2) is 6.20 Å². The van der Waals surface area contributed by atoms with Crippen molar-refractivity contribution in [2.45, 2.75) is 19.0 Å². The highest BCUT2D eigenvalue weighted by molar-refractivity contribution is 5.71. The third-order valence-electron chi connectivity index (χ3n) is 1.92. The number of pyridine rings is 1. The summed E-state index contributed by atoms with van der Waals surface area (Å²) in [4.78, 5) is 13.4. The quantitative estimate of drug-likeness (QED) is 0.838. The first-order chi connectivity index (χ1) is 8.92. The second kappa shape index (κ2) is 5.06. The molecule has 0 amide bonds. The number of aromatic nitrogens is 1. The van der Waals surface area contributed by atoms with Crippen molar-refractivity contribution >= 4 is 5.97 Å². The Morgan fingerprint density at radius 1 is 1.25 bits per heavy atom. The Morgan fingerprint density at radius 3 is 2.20 bits per heavy atom. The van der Waals surface area contributed by atoms with E-state index in [1.807, 2.05) is 0 Å². The lowest BCUT2D eigenvalue weighted by Crippen LogP contribution is -2.21. The molecule has 1 heterocycles. The third-order valence-corrected chi connectivity index (χ3v) is 1.92.